The van der Waals surface area contributed by atoms with Crippen LogP contribution in [-0.2, 0) is 11.5 Å². The van der Waals surface area contributed by atoms with Crippen molar-refractivity contribution in [2.45, 2.75) is 39.3 Å². The second-order valence-electron chi connectivity index (χ2n) is 5.85. The highest BCUT2D eigenvalue weighted by atomic mass is 35.5. The molecule has 0 bridgehead atoms. The molecule has 21 heavy (non-hydrogen) atoms. The molecule has 6 heteroatoms. The van der Waals surface area contributed by atoms with E-state index < -0.39 is 0 Å². The molecule has 0 aliphatic carbocycles. The molecule has 0 unspecified atom stereocenters. The van der Waals surface area contributed by atoms with Crippen LogP contribution in [0.1, 0.15) is 32.6 Å². The Bertz CT molecular complexity index is 454. The van der Waals surface area contributed by atoms with Gasteiger partial charge in [0.05, 0.1) is 17.9 Å². The molecule has 0 radical (unpaired) electrons. The van der Waals surface area contributed by atoms with Crippen LogP contribution in [0.5, 0.6) is 0 Å². The summed E-state index contributed by atoms with van der Waals surface area (Å²) in [7, 11) is 1.93. The van der Waals surface area contributed by atoms with E-state index >= 15 is 0 Å². The summed E-state index contributed by atoms with van der Waals surface area (Å²) >= 11 is 5.87. The maximum atomic E-state index is 12.3. The van der Waals surface area contributed by atoms with Crippen molar-refractivity contribution in [2.24, 2.45) is 5.92 Å². The lowest BCUT2D eigenvalue weighted by Gasteiger charge is -2.33. The van der Waals surface area contributed by atoms with Crippen LogP contribution in [0.2, 0.25) is 5.02 Å². The predicted molar refractivity (Wildman–Crippen MR) is 84.1 cm³/mol. The summed E-state index contributed by atoms with van der Waals surface area (Å²) in [4.78, 5) is 16.6. The van der Waals surface area contributed by atoms with Gasteiger partial charge in [0.2, 0.25) is 5.91 Å². The SMILES string of the molecule is CCCCN(C)C(=O)C1CCN(Cn2cc(Cl)cn2)CC1. The third-order valence-electron chi connectivity index (χ3n) is 4.11. The van der Waals surface area contributed by atoms with E-state index in [1.807, 2.05) is 22.8 Å². The Kier molecular flexibility index (Phi) is 6.06. The predicted octanol–water partition coefficient (Wildman–Crippen LogP) is 2.46. The standard InChI is InChI=1S/C15H25ClN4O/c1-3-4-7-18(2)15(21)13-5-8-19(9-6-13)12-20-11-14(16)10-17-20/h10-11,13H,3-9,12H2,1-2H3. The van der Waals surface area contributed by atoms with E-state index in [2.05, 4.69) is 16.9 Å². The molecular weight excluding hydrogens is 288 g/mol. The fraction of sp³-hybridized carbons (Fsp3) is 0.733. The number of halogens is 1. The molecule has 118 valence electrons. The third-order valence-corrected chi connectivity index (χ3v) is 4.30. The first-order chi connectivity index (χ1) is 10.1. The smallest absolute Gasteiger partial charge is 0.225 e. The average molecular weight is 313 g/mol. The van der Waals surface area contributed by atoms with Crippen molar-refractivity contribution in [3.8, 4) is 0 Å². The monoisotopic (exact) mass is 312 g/mol. The number of nitrogens with zero attached hydrogens (tertiary/aromatic N) is 4. The van der Waals surface area contributed by atoms with Crippen LogP contribution in [0.25, 0.3) is 0 Å². The molecule has 1 aliphatic heterocycles. The van der Waals surface area contributed by atoms with E-state index in [-0.39, 0.29) is 5.92 Å². The molecule has 2 rings (SSSR count). The number of likely N-dealkylation sites (tertiary alicyclic amines) is 1. The fourth-order valence-electron chi connectivity index (χ4n) is 2.76. The van der Waals surface area contributed by atoms with Gasteiger partial charge >= 0.3 is 0 Å². The highest BCUT2D eigenvalue weighted by molar-refractivity contribution is 6.30. The van der Waals surface area contributed by atoms with Gasteiger partial charge in [0.15, 0.2) is 0 Å². The van der Waals surface area contributed by atoms with E-state index in [9.17, 15) is 4.79 Å². The Labute approximate surface area is 131 Å². The lowest BCUT2D eigenvalue weighted by Crippen LogP contribution is -2.42. The van der Waals surface area contributed by atoms with Crippen molar-refractivity contribution >= 4 is 17.5 Å². The number of piperidine rings is 1. The summed E-state index contributed by atoms with van der Waals surface area (Å²) in [6, 6.07) is 0. The van der Waals surface area contributed by atoms with Gasteiger partial charge in [0.1, 0.15) is 0 Å². The Morgan fingerprint density at radius 1 is 1.48 bits per heavy atom. The number of carbonyl (C=O) groups is 1. The second kappa shape index (κ2) is 7.80. The first-order valence-electron chi connectivity index (χ1n) is 7.75. The molecule has 1 aromatic heterocycles. The van der Waals surface area contributed by atoms with Gasteiger partial charge in [-0.25, -0.2) is 0 Å². The zero-order chi connectivity index (χ0) is 15.2. The zero-order valence-electron chi connectivity index (χ0n) is 13.0. The van der Waals surface area contributed by atoms with Gasteiger partial charge in [-0.1, -0.05) is 24.9 Å². The minimum atomic E-state index is 0.185. The van der Waals surface area contributed by atoms with Crippen LogP contribution in [0.15, 0.2) is 12.4 Å². The number of hydrogen-bond donors (Lipinski definition) is 0. The maximum absolute atomic E-state index is 12.3. The largest absolute Gasteiger partial charge is 0.346 e. The number of aromatic nitrogens is 2. The number of rotatable bonds is 6. The minimum absolute atomic E-state index is 0.185. The van der Waals surface area contributed by atoms with Crippen molar-refractivity contribution in [3.05, 3.63) is 17.4 Å². The van der Waals surface area contributed by atoms with Crippen LogP contribution in [0.3, 0.4) is 0 Å². The Morgan fingerprint density at radius 2 is 2.19 bits per heavy atom. The van der Waals surface area contributed by atoms with Crippen molar-refractivity contribution in [1.29, 1.82) is 0 Å². The zero-order valence-corrected chi connectivity index (χ0v) is 13.7. The third kappa shape index (κ3) is 4.71. The molecule has 0 spiro atoms. The van der Waals surface area contributed by atoms with Crippen LogP contribution >= 0.6 is 11.6 Å². The molecule has 0 atom stereocenters. The van der Waals surface area contributed by atoms with Crippen molar-refractivity contribution < 1.29 is 4.79 Å². The number of amides is 1. The normalized spacial score (nSPS) is 17.1. The maximum Gasteiger partial charge on any atom is 0.225 e. The van der Waals surface area contributed by atoms with Gasteiger partial charge < -0.3 is 4.90 Å². The minimum Gasteiger partial charge on any atom is -0.346 e. The van der Waals surface area contributed by atoms with Gasteiger partial charge in [-0.05, 0) is 19.3 Å². The lowest BCUT2D eigenvalue weighted by molar-refractivity contribution is -0.135. The number of carbonyl (C=O) groups excluding carboxylic acids is 1. The molecule has 1 aliphatic rings. The number of hydrogen-bond acceptors (Lipinski definition) is 3. The summed E-state index contributed by atoms with van der Waals surface area (Å²) in [6.07, 6.45) is 7.57. The van der Waals surface area contributed by atoms with E-state index in [0.29, 0.717) is 10.9 Å². The van der Waals surface area contributed by atoms with Gasteiger partial charge in [0.25, 0.3) is 0 Å². The second-order valence-corrected chi connectivity index (χ2v) is 6.28. The molecular formula is C15H25ClN4O. The van der Waals surface area contributed by atoms with Crippen molar-refractivity contribution in [2.75, 3.05) is 26.7 Å². The molecule has 1 amide bonds. The molecule has 0 aromatic carbocycles. The Hall–Kier alpha value is -1.07. The van der Waals surface area contributed by atoms with E-state index in [4.69, 9.17) is 11.6 Å². The Morgan fingerprint density at radius 3 is 2.76 bits per heavy atom. The van der Waals surface area contributed by atoms with Crippen molar-refractivity contribution in [3.63, 3.8) is 0 Å². The van der Waals surface area contributed by atoms with Gasteiger partial charge in [-0.2, -0.15) is 5.10 Å². The topological polar surface area (TPSA) is 41.4 Å². The molecule has 1 aromatic rings. The summed E-state index contributed by atoms with van der Waals surface area (Å²) in [5, 5.41) is 4.86. The summed E-state index contributed by atoms with van der Waals surface area (Å²) in [5.41, 5.74) is 0. The Balaban J connectivity index is 1.76. The molecule has 2 heterocycles. The van der Waals surface area contributed by atoms with Crippen molar-refractivity contribution in [1.82, 2.24) is 19.6 Å². The first-order valence-corrected chi connectivity index (χ1v) is 8.13. The van der Waals surface area contributed by atoms with Crippen LogP contribution in [-0.4, -0.2) is 52.2 Å². The van der Waals surface area contributed by atoms with E-state index in [0.717, 1.165) is 52.0 Å². The summed E-state index contributed by atoms with van der Waals surface area (Å²) < 4.78 is 1.85. The lowest BCUT2D eigenvalue weighted by atomic mass is 9.95. The van der Waals surface area contributed by atoms with E-state index in [1.165, 1.54) is 0 Å². The first kappa shape index (κ1) is 16.3. The van der Waals surface area contributed by atoms with Gasteiger partial charge in [0, 0.05) is 38.8 Å². The summed E-state index contributed by atoms with van der Waals surface area (Å²) in [5.74, 6) is 0.495. The van der Waals surface area contributed by atoms with Crippen LogP contribution < -0.4 is 0 Å². The molecule has 1 saturated heterocycles. The summed E-state index contributed by atoms with van der Waals surface area (Å²) in [6.45, 7) is 5.66. The quantitative estimate of drug-likeness (QED) is 0.810. The van der Waals surface area contributed by atoms with E-state index in [1.54, 1.807) is 6.20 Å². The molecule has 1 fully saturated rings. The molecule has 0 saturated carbocycles. The average Bonchev–Trinajstić information content (AvgIpc) is 2.90. The molecule has 0 N–H and O–H groups in total. The highest BCUT2D eigenvalue weighted by Crippen LogP contribution is 2.20. The van der Waals surface area contributed by atoms with Gasteiger partial charge in [-0.3, -0.25) is 14.4 Å². The number of unbranched alkanes of at least 4 members (excludes halogenated alkanes) is 1. The van der Waals surface area contributed by atoms with Crippen LogP contribution in [0, 0.1) is 5.92 Å². The molecule has 5 nitrogen and oxygen atoms in total. The van der Waals surface area contributed by atoms with Gasteiger partial charge in [-0.15, -0.1) is 0 Å². The fourth-order valence-corrected chi connectivity index (χ4v) is 2.92. The van der Waals surface area contributed by atoms with Crippen LogP contribution in [0.4, 0.5) is 0 Å². The highest BCUT2D eigenvalue weighted by Gasteiger charge is 2.27.